The Balaban J connectivity index is 3.31. The monoisotopic (exact) mass is 258 g/mol. The fourth-order valence-corrected chi connectivity index (χ4v) is 1.30. The summed E-state index contributed by atoms with van der Waals surface area (Å²) in [5.74, 6) is -7.37. The molecule has 0 aliphatic rings. The molecule has 0 aliphatic carbocycles. The third-order valence-electron chi connectivity index (χ3n) is 1.96. The summed E-state index contributed by atoms with van der Waals surface area (Å²) < 4.78 is 51.7. The summed E-state index contributed by atoms with van der Waals surface area (Å²) in [6, 6.07) is 0.00790. The van der Waals surface area contributed by atoms with E-state index in [-0.39, 0.29) is 6.07 Å². The number of benzene rings is 1. The minimum absolute atomic E-state index is 0.00790. The van der Waals surface area contributed by atoms with E-state index in [1.807, 2.05) is 0 Å². The van der Waals surface area contributed by atoms with Crippen molar-refractivity contribution in [2.24, 2.45) is 0 Å². The number of hydrogen-bond acceptors (Lipinski definition) is 2. The van der Waals surface area contributed by atoms with E-state index in [0.29, 0.717) is 0 Å². The van der Waals surface area contributed by atoms with Crippen molar-refractivity contribution in [1.29, 1.82) is 0 Å². The first-order valence-electron chi connectivity index (χ1n) is 4.15. The van der Waals surface area contributed by atoms with Gasteiger partial charge in [0.05, 0.1) is 17.5 Å². The van der Waals surface area contributed by atoms with Crippen molar-refractivity contribution in [3.8, 4) is 0 Å². The molecule has 0 radical (unpaired) electrons. The normalized spacial score (nSPS) is 14.9. The van der Waals surface area contributed by atoms with Gasteiger partial charge in [-0.2, -0.15) is 0 Å². The predicted molar refractivity (Wildman–Crippen MR) is 48.0 cm³/mol. The van der Waals surface area contributed by atoms with Crippen LogP contribution >= 0.6 is 11.6 Å². The van der Waals surface area contributed by atoms with Gasteiger partial charge in [-0.25, -0.2) is 17.6 Å². The first-order valence-corrected chi connectivity index (χ1v) is 4.68. The molecule has 2 atom stereocenters. The summed E-state index contributed by atoms with van der Waals surface area (Å²) in [6.45, 7) is 0. The van der Waals surface area contributed by atoms with Crippen LogP contribution in [0.15, 0.2) is 6.07 Å². The molecule has 0 saturated carbocycles. The lowest BCUT2D eigenvalue weighted by molar-refractivity contribution is 0.0271. The Hall–Kier alpha value is -0.850. The Kier molecular flexibility index (Phi) is 4.12. The molecule has 0 spiro atoms. The Labute approximate surface area is 93.1 Å². The van der Waals surface area contributed by atoms with Crippen molar-refractivity contribution >= 4 is 11.6 Å². The smallest absolute Gasteiger partial charge is 0.167 e. The zero-order chi connectivity index (χ0) is 12.5. The highest BCUT2D eigenvalue weighted by molar-refractivity contribution is 6.18. The SMILES string of the molecule is OC(CCl)C(O)c1c(F)c(F)cc(F)c1F. The Morgan fingerprint density at radius 3 is 1.88 bits per heavy atom. The fourth-order valence-electron chi connectivity index (χ4n) is 1.13. The van der Waals surface area contributed by atoms with Gasteiger partial charge in [0, 0.05) is 6.07 Å². The van der Waals surface area contributed by atoms with E-state index in [1.54, 1.807) is 0 Å². The average molecular weight is 259 g/mol. The minimum atomic E-state index is -2.14. The average Bonchev–Trinajstić information content (AvgIpc) is 2.25. The van der Waals surface area contributed by atoms with Crippen LogP contribution in [-0.2, 0) is 0 Å². The van der Waals surface area contributed by atoms with Gasteiger partial charge in [-0.3, -0.25) is 0 Å². The minimum Gasteiger partial charge on any atom is -0.389 e. The molecule has 90 valence electrons. The van der Waals surface area contributed by atoms with Crippen molar-refractivity contribution in [3.05, 3.63) is 34.9 Å². The van der Waals surface area contributed by atoms with Gasteiger partial charge in [-0.05, 0) is 0 Å². The van der Waals surface area contributed by atoms with Crippen LogP contribution < -0.4 is 0 Å². The van der Waals surface area contributed by atoms with Crippen molar-refractivity contribution < 1.29 is 27.8 Å². The van der Waals surface area contributed by atoms with Crippen LogP contribution in [0.25, 0.3) is 0 Å². The summed E-state index contributed by atoms with van der Waals surface area (Å²) in [5.41, 5.74) is -1.27. The van der Waals surface area contributed by atoms with Crippen LogP contribution in [0, 0.1) is 23.3 Å². The molecular weight excluding hydrogens is 252 g/mol. The van der Waals surface area contributed by atoms with Crippen LogP contribution in [0.2, 0.25) is 0 Å². The number of hydrogen-bond donors (Lipinski definition) is 2. The van der Waals surface area contributed by atoms with Gasteiger partial charge in [0.25, 0.3) is 0 Å². The molecule has 1 rings (SSSR count). The molecule has 0 bridgehead atoms. The maximum Gasteiger partial charge on any atom is 0.167 e. The van der Waals surface area contributed by atoms with E-state index in [9.17, 15) is 22.7 Å². The molecule has 2 nitrogen and oxygen atoms in total. The van der Waals surface area contributed by atoms with Gasteiger partial charge in [0.2, 0.25) is 0 Å². The van der Waals surface area contributed by atoms with Gasteiger partial charge < -0.3 is 10.2 Å². The molecule has 0 aliphatic heterocycles. The summed E-state index contributed by atoms with van der Waals surface area (Å²) >= 11 is 5.14. The highest BCUT2D eigenvalue weighted by Gasteiger charge is 2.28. The first-order chi connectivity index (χ1) is 7.40. The zero-order valence-corrected chi connectivity index (χ0v) is 8.48. The molecular formula is C9H7ClF4O2. The number of aliphatic hydroxyl groups is 2. The second kappa shape index (κ2) is 4.99. The standard InChI is InChI=1S/C9H7ClF4O2/c10-2-5(15)9(16)6-7(13)3(11)1-4(12)8(6)14/h1,5,9,15-16H,2H2. The molecule has 1 aromatic carbocycles. The topological polar surface area (TPSA) is 40.5 Å². The molecule has 2 N–H and O–H groups in total. The van der Waals surface area contributed by atoms with Gasteiger partial charge in [0.15, 0.2) is 23.3 Å². The third-order valence-corrected chi connectivity index (χ3v) is 2.28. The molecule has 1 aromatic rings. The first kappa shape index (κ1) is 13.2. The van der Waals surface area contributed by atoms with Crippen LogP contribution in [-0.4, -0.2) is 22.2 Å². The van der Waals surface area contributed by atoms with E-state index >= 15 is 0 Å². The van der Waals surface area contributed by atoms with Crippen LogP contribution in [0.5, 0.6) is 0 Å². The van der Waals surface area contributed by atoms with Crippen molar-refractivity contribution in [3.63, 3.8) is 0 Å². The highest BCUT2D eigenvalue weighted by atomic mass is 35.5. The number of halogens is 5. The van der Waals surface area contributed by atoms with E-state index in [4.69, 9.17) is 16.7 Å². The molecule has 0 fully saturated rings. The predicted octanol–water partition coefficient (Wildman–Crippen LogP) is 1.88. The molecule has 7 heteroatoms. The maximum absolute atomic E-state index is 13.1. The number of aliphatic hydroxyl groups excluding tert-OH is 2. The van der Waals surface area contributed by atoms with E-state index in [0.717, 1.165) is 0 Å². The van der Waals surface area contributed by atoms with E-state index in [1.165, 1.54) is 0 Å². The largest absolute Gasteiger partial charge is 0.389 e. The van der Waals surface area contributed by atoms with Gasteiger partial charge >= 0.3 is 0 Å². The highest BCUT2D eigenvalue weighted by Crippen LogP contribution is 2.27. The zero-order valence-electron chi connectivity index (χ0n) is 7.72. The molecule has 0 aromatic heterocycles. The third kappa shape index (κ3) is 2.28. The lowest BCUT2D eigenvalue weighted by Crippen LogP contribution is -2.23. The lowest BCUT2D eigenvalue weighted by Gasteiger charge is -2.17. The van der Waals surface area contributed by atoms with E-state index < -0.39 is 46.9 Å². The molecule has 0 amide bonds. The van der Waals surface area contributed by atoms with Crippen molar-refractivity contribution in [2.75, 3.05) is 5.88 Å². The number of rotatable bonds is 3. The van der Waals surface area contributed by atoms with Gasteiger partial charge in [0.1, 0.15) is 6.10 Å². The Morgan fingerprint density at radius 1 is 1.06 bits per heavy atom. The van der Waals surface area contributed by atoms with E-state index in [2.05, 4.69) is 0 Å². The van der Waals surface area contributed by atoms with Crippen molar-refractivity contribution in [1.82, 2.24) is 0 Å². The van der Waals surface area contributed by atoms with Gasteiger partial charge in [-0.15, -0.1) is 11.6 Å². The van der Waals surface area contributed by atoms with Crippen LogP contribution in [0.4, 0.5) is 17.6 Å². The van der Waals surface area contributed by atoms with Crippen molar-refractivity contribution in [2.45, 2.75) is 12.2 Å². The van der Waals surface area contributed by atoms with Crippen LogP contribution in [0.1, 0.15) is 11.7 Å². The second-order valence-corrected chi connectivity index (χ2v) is 3.36. The maximum atomic E-state index is 13.1. The van der Waals surface area contributed by atoms with Gasteiger partial charge in [-0.1, -0.05) is 0 Å². The number of alkyl halides is 1. The molecule has 0 heterocycles. The van der Waals surface area contributed by atoms with Crippen LogP contribution in [0.3, 0.4) is 0 Å². The quantitative estimate of drug-likeness (QED) is 0.494. The Bertz CT molecular complexity index is 373. The molecule has 16 heavy (non-hydrogen) atoms. The summed E-state index contributed by atoms with van der Waals surface area (Å²) in [4.78, 5) is 0. The molecule has 0 saturated heterocycles. The lowest BCUT2D eigenvalue weighted by atomic mass is 10.0. The summed E-state index contributed by atoms with van der Waals surface area (Å²) in [7, 11) is 0. The summed E-state index contributed by atoms with van der Waals surface area (Å²) in [6.07, 6.45) is -3.87. The summed E-state index contributed by atoms with van der Waals surface area (Å²) in [5, 5.41) is 18.3. The second-order valence-electron chi connectivity index (χ2n) is 3.05. The fraction of sp³-hybridized carbons (Fsp3) is 0.333. The molecule has 2 unspecified atom stereocenters. The Morgan fingerprint density at radius 2 is 1.50 bits per heavy atom.